The third kappa shape index (κ3) is 3.46. The van der Waals surface area contributed by atoms with Crippen molar-refractivity contribution in [2.45, 2.75) is 25.8 Å². The quantitative estimate of drug-likeness (QED) is 0.566. The van der Waals surface area contributed by atoms with Crippen LogP contribution in [0.25, 0.3) is 0 Å². The lowest BCUT2D eigenvalue weighted by atomic mass is 9.92. The first-order valence-corrected chi connectivity index (χ1v) is 5.41. The van der Waals surface area contributed by atoms with Crippen molar-refractivity contribution in [3.8, 4) is 0 Å². The van der Waals surface area contributed by atoms with Crippen LogP contribution in [0.5, 0.6) is 0 Å². The molecule has 4 heteroatoms. The van der Waals surface area contributed by atoms with E-state index < -0.39 is 0 Å². The Balaban J connectivity index is 2.46. The maximum absolute atomic E-state index is 11.6. The van der Waals surface area contributed by atoms with Gasteiger partial charge in [0.15, 0.2) is 0 Å². The second-order valence-electron chi connectivity index (χ2n) is 4.01. The number of hydrogen-bond acceptors (Lipinski definition) is 4. The number of hydrogen-bond donors (Lipinski definition) is 0. The van der Waals surface area contributed by atoms with Gasteiger partial charge >= 0.3 is 0 Å². The Hall–Kier alpha value is -0.900. The molecule has 76 valence electrons. The topological polar surface area (TPSA) is 42.9 Å². The molecule has 0 saturated heterocycles. The molecule has 0 aliphatic rings. The van der Waals surface area contributed by atoms with Crippen molar-refractivity contribution in [2.75, 3.05) is 5.75 Å². The van der Waals surface area contributed by atoms with Crippen LogP contribution in [-0.2, 0) is 4.79 Å². The fourth-order valence-corrected chi connectivity index (χ4v) is 1.71. The van der Waals surface area contributed by atoms with Crippen LogP contribution in [0, 0.1) is 5.41 Å². The van der Waals surface area contributed by atoms with Crippen LogP contribution in [0.1, 0.15) is 20.8 Å². The highest BCUT2D eigenvalue weighted by Gasteiger charge is 2.20. The smallest absolute Gasteiger partial charge is 0.148 e. The van der Waals surface area contributed by atoms with Gasteiger partial charge in [0.05, 0.1) is 10.8 Å². The number of carbonyl (C=O) groups is 1. The Labute approximate surface area is 88.3 Å². The van der Waals surface area contributed by atoms with Gasteiger partial charge in [-0.25, -0.2) is 9.97 Å². The Morgan fingerprint density at radius 3 is 2.71 bits per heavy atom. The minimum atomic E-state index is -0.264. The summed E-state index contributed by atoms with van der Waals surface area (Å²) in [5.41, 5.74) is -0.264. The Bertz CT molecular complexity index is 306. The summed E-state index contributed by atoms with van der Waals surface area (Å²) >= 11 is 1.45. The van der Waals surface area contributed by atoms with Gasteiger partial charge in [-0.3, -0.25) is 4.79 Å². The average Bonchev–Trinajstić information content (AvgIpc) is 2.14. The highest BCUT2D eigenvalue weighted by atomic mass is 32.2. The summed E-state index contributed by atoms with van der Waals surface area (Å²) in [5.74, 6) is 0.710. The molecule has 0 unspecified atom stereocenters. The number of nitrogens with zero attached hydrogens (tertiary/aromatic N) is 2. The van der Waals surface area contributed by atoms with Gasteiger partial charge in [-0.1, -0.05) is 32.5 Å². The van der Waals surface area contributed by atoms with E-state index in [1.54, 1.807) is 12.3 Å². The van der Waals surface area contributed by atoms with Crippen LogP contribution in [-0.4, -0.2) is 21.5 Å². The zero-order chi connectivity index (χ0) is 10.6. The van der Waals surface area contributed by atoms with E-state index in [0.29, 0.717) is 5.75 Å². The number of Topliss-reactive ketones (excluding diaryl/α,β-unsaturated/α-hetero) is 1. The van der Waals surface area contributed by atoms with Gasteiger partial charge in [0.25, 0.3) is 0 Å². The second kappa shape index (κ2) is 4.55. The van der Waals surface area contributed by atoms with Gasteiger partial charge in [0.2, 0.25) is 0 Å². The maximum atomic E-state index is 11.6. The molecule has 0 atom stereocenters. The maximum Gasteiger partial charge on any atom is 0.148 e. The predicted octanol–water partition coefficient (Wildman–Crippen LogP) is 2.18. The van der Waals surface area contributed by atoms with E-state index in [4.69, 9.17) is 0 Å². The van der Waals surface area contributed by atoms with Gasteiger partial charge in [-0.15, -0.1) is 0 Å². The third-order valence-corrected chi connectivity index (χ3v) is 2.69. The van der Waals surface area contributed by atoms with Crippen LogP contribution in [0.4, 0.5) is 0 Å². The minimum absolute atomic E-state index is 0.237. The van der Waals surface area contributed by atoms with E-state index in [2.05, 4.69) is 9.97 Å². The zero-order valence-corrected chi connectivity index (χ0v) is 9.47. The van der Waals surface area contributed by atoms with Crippen molar-refractivity contribution < 1.29 is 4.79 Å². The van der Waals surface area contributed by atoms with Crippen LogP contribution in [0.2, 0.25) is 0 Å². The van der Waals surface area contributed by atoms with Crippen molar-refractivity contribution >= 4 is 17.5 Å². The van der Waals surface area contributed by atoms with Crippen molar-refractivity contribution in [3.05, 3.63) is 18.6 Å². The van der Waals surface area contributed by atoms with Crippen LogP contribution < -0.4 is 0 Å². The Kier molecular flexibility index (Phi) is 3.63. The van der Waals surface area contributed by atoms with Gasteiger partial charge in [-0.05, 0) is 6.07 Å². The second-order valence-corrected chi connectivity index (χ2v) is 5.01. The molecule has 1 heterocycles. The fourth-order valence-electron chi connectivity index (χ4n) is 0.720. The van der Waals surface area contributed by atoms with Crippen LogP contribution >= 0.6 is 11.8 Å². The summed E-state index contributed by atoms with van der Waals surface area (Å²) < 4.78 is 0. The molecule has 0 aliphatic heterocycles. The molecule has 0 radical (unpaired) electrons. The van der Waals surface area contributed by atoms with E-state index in [1.165, 1.54) is 18.1 Å². The molecular formula is C10H14N2OS. The van der Waals surface area contributed by atoms with E-state index in [9.17, 15) is 4.79 Å². The number of aromatic nitrogens is 2. The summed E-state index contributed by atoms with van der Waals surface area (Å²) in [6.07, 6.45) is 3.17. The van der Waals surface area contributed by atoms with Gasteiger partial charge in [-0.2, -0.15) is 0 Å². The number of carbonyl (C=O) groups excluding carboxylic acids is 1. The molecule has 14 heavy (non-hydrogen) atoms. The normalized spacial score (nSPS) is 11.4. The largest absolute Gasteiger partial charge is 0.298 e. The number of thioether (sulfide) groups is 1. The highest BCUT2D eigenvalue weighted by molar-refractivity contribution is 7.99. The average molecular weight is 210 g/mol. The van der Waals surface area contributed by atoms with Crippen molar-refractivity contribution in [1.29, 1.82) is 0 Å². The molecule has 0 amide bonds. The molecule has 0 N–H and O–H groups in total. The van der Waals surface area contributed by atoms with Gasteiger partial charge in [0, 0.05) is 11.6 Å². The van der Waals surface area contributed by atoms with E-state index in [-0.39, 0.29) is 11.2 Å². The van der Waals surface area contributed by atoms with Crippen LogP contribution in [0.15, 0.2) is 23.6 Å². The lowest BCUT2D eigenvalue weighted by molar-refractivity contribution is -0.123. The van der Waals surface area contributed by atoms with E-state index >= 15 is 0 Å². The summed E-state index contributed by atoms with van der Waals surface area (Å²) in [6, 6.07) is 1.81. The molecule has 0 bridgehead atoms. The molecule has 0 aliphatic carbocycles. The standard InChI is InChI=1S/C10H14N2OS/c1-10(2,3)8(13)6-14-9-4-5-11-7-12-9/h4-5,7H,6H2,1-3H3. The highest BCUT2D eigenvalue weighted by Crippen LogP contribution is 2.21. The molecule has 0 fully saturated rings. The fraction of sp³-hybridized carbons (Fsp3) is 0.500. The molecule has 0 aromatic carbocycles. The van der Waals surface area contributed by atoms with Crippen LogP contribution in [0.3, 0.4) is 0 Å². The Morgan fingerprint density at radius 2 is 2.21 bits per heavy atom. The molecule has 0 spiro atoms. The van der Waals surface area contributed by atoms with E-state index in [1.807, 2.05) is 20.8 Å². The summed E-state index contributed by atoms with van der Waals surface area (Å²) in [4.78, 5) is 19.4. The monoisotopic (exact) mass is 210 g/mol. The first-order valence-electron chi connectivity index (χ1n) is 4.42. The summed E-state index contributed by atoms with van der Waals surface area (Å²) in [7, 11) is 0. The van der Waals surface area contributed by atoms with Crippen molar-refractivity contribution in [3.63, 3.8) is 0 Å². The van der Waals surface area contributed by atoms with Gasteiger partial charge in [0.1, 0.15) is 12.1 Å². The number of ketones is 1. The molecule has 0 saturated carbocycles. The third-order valence-electron chi connectivity index (χ3n) is 1.74. The molecular weight excluding hydrogens is 196 g/mol. The number of rotatable bonds is 3. The van der Waals surface area contributed by atoms with E-state index in [0.717, 1.165) is 5.03 Å². The molecule has 1 aromatic heterocycles. The van der Waals surface area contributed by atoms with Crippen molar-refractivity contribution in [2.24, 2.45) is 5.41 Å². The van der Waals surface area contributed by atoms with Crippen molar-refractivity contribution in [1.82, 2.24) is 9.97 Å². The summed E-state index contributed by atoms with van der Waals surface area (Å²) in [6.45, 7) is 5.78. The SMILES string of the molecule is CC(C)(C)C(=O)CSc1ccncn1. The first kappa shape index (κ1) is 11.2. The zero-order valence-electron chi connectivity index (χ0n) is 8.65. The summed E-state index contributed by atoms with van der Waals surface area (Å²) in [5, 5.41) is 0.845. The van der Waals surface area contributed by atoms with Gasteiger partial charge < -0.3 is 0 Å². The molecule has 3 nitrogen and oxygen atoms in total. The lowest BCUT2D eigenvalue weighted by Crippen LogP contribution is -2.21. The minimum Gasteiger partial charge on any atom is -0.298 e. The molecule has 1 aromatic rings. The predicted molar refractivity (Wildman–Crippen MR) is 57.2 cm³/mol. The molecule has 1 rings (SSSR count). The lowest BCUT2D eigenvalue weighted by Gasteiger charge is -2.15. The first-order chi connectivity index (χ1) is 6.50. The Morgan fingerprint density at radius 1 is 1.50 bits per heavy atom.